The Hall–Kier alpha value is -1.35. The second-order valence-corrected chi connectivity index (χ2v) is 6.38. The van der Waals surface area contributed by atoms with Gasteiger partial charge in [-0.2, -0.15) is 0 Å². The molecule has 2 rings (SSSR count). The fourth-order valence-corrected chi connectivity index (χ4v) is 2.92. The molecule has 4 heteroatoms. The summed E-state index contributed by atoms with van der Waals surface area (Å²) in [5.41, 5.74) is 3.13. The van der Waals surface area contributed by atoms with Crippen LogP contribution in [0.1, 0.15) is 18.9 Å². The van der Waals surface area contributed by atoms with Crippen molar-refractivity contribution in [1.82, 2.24) is 0 Å². The lowest BCUT2D eigenvalue weighted by molar-refractivity contribution is -0.110. The van der Waals surface area contributed by atoms with Gasteiger partial charge in [0.15, 0.2) is 0 Å². The third kappa shape index (κ3) is 4.57. The number of aliphatic hydroxyl groups is 1. The molecule has 0 aliphatic carbocycles. The molecule has 2 aromatic rings. The lowest BCUT2D eigenvalue weighted by Crippen LogP contribution is -2.20. The molecule has 2 atom stereocenters. The van der Waals surface area contributed by atoms with Crippen molar-refractivity contribution in [2.75, 3.05) is 0 Å². The Labute approximate surface area is 140 Å². The van der Waals surface area contributed by atoms with Crippen molar-refractivity contribution >= 4 is 29.5 Å². The van der Waals surface area contributed by atoms with Crippen molar-refractivity contribution in [3.05, 3.63) is 58.1 Å². The van der Waals surface area contributed by atoms with E-state index < -0.39 is 6.10 Å². The minimum absolute atomic E-state index is 0.0386. The van der Waals surface area contributed by atoms with Gasteiger partial charge in [-0.25, -0.2) is 0 Å². The maximum atomic E-state index is 10.4. The number of hydrogen-bond donors (Lipinski definition) is 1. The summed E-state index contributed by atoms with van der Waals surface area (Å²) in [5.74, 6) is 0.0386. The highest BCUT2D eigenvalue weighted by atomic mass is 35.5. The van der Waals surface area contributed by atoms with E-state index >= 15 is 0 Å². The molecular formula is C18H18Cl2O2. The van der Waals surface area contributed by atoms with Gasteiger partial charge in [-0.1, -0.05) is 54.4 Å². The van der Waals surface area contributed by atoms with Gasteiger partial charge in [0.2, 0.25) is 0 Å². The number of benzene rings is 2. The molecule has 2 nitrogen and oxygen atoms in total. The summed E-state index contributed by atoms with van der Waals surface area (Å²) in [6.45, 7) is 1.94. The van der Waals surface area contributed by atoms with Crippen LogP contribution in [0.15, 0.2) is 42.5 Å². The molecule has 0 aliphatic rings. The zero-order chi connectivity index (χ0) is 16.1. The van der Waals surface area contributed by atoms with Crippen LogP contribution in [0, 0.1) is 5.92 Å². The van der Waals surface area contributed by atoms with E-state index in [1.807, 2.05) is 43.3 Å². The Bertz CT molecular complexity index is 618. The number of carbonyl (C=O) groups is 1. The van der Waals surface area contributed by atoms with Crippen molar-refractivity contribution in [3.63, 3.8) is 0 Å². The summed E-state index contributed by atoms with van der Waals surface area (Å²) in [7, 11) is 0. The van der Waals surface area contributed by atoms with E-state index in [2.05, 4.69) is 0 Å². The molecule has 0 heterocycles. The topological polar surface area (TPSA) is 37.3 Å². The summed E-state index contributed by atoms with van der Waals surface area (Å²) in [5, 5.41) is 11.0. The van der Waals surface area contributed by atoms with E-state index in [1.54, 1.807) is 6.07 Å². The fourth-order valence-electron chi connectivity index (χ4n) is 2.39. The number of aldehydes is 1. The molecular weight excluding hydrogens is 319 g/mol. The van der Waals surface area contributed by atoms with Gasteiger partial charge in [0.1, 0.15) is 6.29 Å². The average molecular weight is 337 g/mol. The van der Waals surface area contributed by atoms with Gasteiger partial charge in [0, 0.05) is 16.5 Å². The van der Waals surface area contributed by atoms with E-state index in [1.165, 1.54) is 0 Å². The number of halogens is 2. The minimum atomic E-state index is -0.594. The van der Waals surface area contributed by atoms with Gasteiger partial charge in [-0.15, -0.1) is 0 Å². The van der Waals surface area contributed by atoms with Crippen molar-refractivity contribution in [2.45, 2.75) is 25.9 Å². The molecule has 0 spiro atoms. The van der Waals surface area contributed by atoms with Crippen LogP contribution < -0.4 is 0 Å². The second kappa shape index (κ2) is 7.77. The van der Waals surface area contributed by atoms with E-state index in [0.29, 0.717) is 10.0 Å². The Morgan fingerprint density at radius 1 is 1.05 bits per heavy atom. The van der Waals surface area contributed by atoms with Crippen LogP contribution in [0.5, 0.6) is 0 Å². The van der Waals surface area contributed by atoms with E-state index in [0.717, 1.165) is 29.4 Å². The molecule has 116 valence electrons. The fraction of sp³-hybridized carbons (Fsp3) is 0.278. The average Bonchev–Trinajstić information content (AvgIpc) is 2.47. The second-order valence-electron chi connectivity index (χ2n) is 5.51. The highest BCUT2D eigenvalue weighted by Gasteiger charge is 2.14. The molecule has 0 unspecified atom stereocenters. The first kappa shape index (κ1) is 17.0. The molecule has 1 N–H and O–H groups in total. The summed E-state index contributed by atoms with van der Waals surface area (Å²) < 4.78 is 0. The molecule has 2 aromatic carbocycles. The number of hydrogen-bond acceptors (Lipinski definition) is 2. The van der Waals surface area contributed by atoms with Gasteiger partial charge >= 0.3 is 0 Å². The van der Waals surface area contributed by atoms with Crippen molar-refractivity contribution in [1.29, 1.82) is 0 Å². The Morgan fingerprint density at radius 3 is 2.18 bits per heavy atom. The third-order valence-electron chi connectivity index (χ3n) is 3.70. The maximum absolute atomic E-state index is 10.4. The predicted molar refractivity (Wildman–Crippen MR) is 91.5 cm³/mol. The SMILES string of the molecule is C[C@H](Cc1ccc(-c2cc(Cl)cc(Cl)c2)cc1)[C@@H](O)CC=O. The van der Waals surface area contributed by atoms with E-state index in [4.69, 9.17) is 23.2 Å². The third-order valence-corrected chi connectivity index (χ3v) is 4.14. The van der Waals surface area contributed by atoms with Crippen LogP contribution in [0.3, 0.4) is 0 Å². The standard InChI is InChI=1S/C18H18Cl2O2/c1-12(18(22)6-7-21)8-13-2-4-14(5-3-13)15-9-16(19)11-17(20)10-15/h2-5,7,9-12,18,22H,6,8H2,1H3/t12-,18+/m1/s1. The number of carbonyl (C=O) groups excluding carboxylic acids is 1. The molecule has 0 radical (unpaired) electrons. The van der Waals surface area contributed by atoms with Crippen molar-refractivity contribution < 1.29 is 9.90 Å². The van der Waals surface area contributed by atoms with Gasteiger partial charge < -0.3 is 9.90 Å². The molecule has 0 bridgehead atoms. The van der Waals surface area contributed by atoms with Gasteiger partial charge in [0.05, 0.1) is 6.10 Å². The van der Waals surface area contributed by atoms with Crippen LogP contribution in [0.4, 0.5) is 0 Å². The van der Waals surface area contributed by atoms with E-state index in [9.17, 15) is 9.90 Å². The zero-order valence-corrected chi connectivity index (χ0v) is 13.8. The molecule has 22 heavy (non-hydrogen) atoms. The Kier molecular flexibility index (Phi) is 6.01. The van der Waals surface area contributed by atoms with Crippen LogP contribution in [-0.2, 0) is 11.2 Å². The molecule has 0 aliphatic heterocycles. The van der Waals surface area contributed by atoms with Gasteiger partial charge in [-0.05, 0) is 47.2 Å². The van der Waals surface area contributed by atoms with Crippen molar-refractivity contribution in [3.8, 4) is 11.1 Å². The smallest absolute Gasteiger partial charge is 0.122 e. The van der Waals surface area contributed by atoms with Crippen molar-refractivity contribution in [2.24, 2.45) is 5.92 Å². The van der Waals surface area contributed by atoms with Crippen LogP contribution in [-0.4, -0.2) is 17.5 Å². The first-order chi connectivity index (χ1) is 10.5. The molecule has 0 amide bonds. The Morgan fingerprint density at radius 2 is 1.64 bits per heavy atom. The Balaban J connectivity index is 2.11. The molecule has 0 saturated heterocycles. The quantitative estimate of drug-likeness (QED) is 0.770. The first-order valence-corrected chi connectivity index (χ1v) is 7.92. The summed E-state index contributed by atoms with van der Waals surface area (Å²) >= 11 is 12.0. The molecule has 0 fully saturated rings. The zero-order valence-electron chi connectivity index (χ0n) is 12.3. The lowest BCUT2D eigenvalue weighted by atomic mass is 9.93. The lowest BCUT2D eigenvalue weighted by Gasteiger charge is -2.16. The maximum Gasteiger partial charge on any atom is 0.122 e. The molecule has 0 saturated carbocycles. The van der Waals surface area contributed by atoms with Crippen LogP contribution in [0.25, 0.3) is 11.1 Å². The van der Waals surface area contributed by atoms with Crippen LogP contribution in [0.2, 0.25) is 10.0 Å². The molecule has 0 aromatic heterocycles. The summed E-state index contributed by atoms with van der Waals surface area (Å²) in [4.78, 5) is 10.4. The summed E-state index contributed by atoms with van der Waals surface area (Å²) in [6, 6.07) is 13.5. The summed E-state index contributed by atoms with van der Waals surface area (Å²) in [6.07, 6.45) is 1.07. The first-order valence-electron chi connectivity index (χ1n) is 7.16. The number of rotatable bonds is 6. The predicted octanol–water partition coefficient (Wildman–Crippen LogP) is 4.79. The van der Waals surface area contributed by atoms with Gasteiger partial charge in [-0.3, -0.25) is 0 Å². The number of aliphatic hydroxyl groups excluding tert-OH is 1. The van der Waals surface area contributed by atoms with E-state index in [-0.39, 0.29) is 12.3 Å². The minimum Gasteiger partial charge on any atom is -0.392 e. The highest BCUT2D eigenvalue weighted by molar-refractivity contribution is 6.35. The highest BCUT2D eigenvalue weighted by Crippen LogP contribution is 2.27. The monoisotopic (exact) mass is 336 g/mol. The van der Waals surface area contributed by atoms with Crippen LogP contribution >= 0.6 is 23.2 Å². The normalized spacial score (nSPS) is 13.6. The largest absolute Gasteiger partial charge is 0.392 e. The van der Waals surface area contributed by atoms with Gasteiger partial charge in [0.25, 0.3) is 0 Å².